The van der Waals surface area contributed by atoms with Gasteiger partial charge >= 0.3 is 0 Å². The smallest absolute Gasteiger partial charge is 0.165 e. The third kappa shape index (κ3) is 6.79. The Bertz CT molecular complexity index is 537. The lowest BCUT2D eigenvalue weighted by Crippen LogP contribution is -2.26. The van der Waals surface area contributed by atoms with Gasteiger partial charge in [0.1, 0.15) is 5.78 Å². The molecule has 1 aromatic rings. The van der Waals surface area contributed by atoms with Crippen molar-refractivity contribution in [1.29, 1.82) is 0 Å². The van der Waals surface area contributed by atoms with Crippen LogP contribution in [-0.4, -0.2) is 37.9 Å². The van der Waals surface area contributed by atoms with E-state index in [-0.39, 0.29) is 24.2 Å². The highest BCUT2D eigenvalue weighted by Crippen LogP contribution is 2.31. The van der Waals surface area contributed by atoms with Crippen molar-refractivity contribution >= 4 is 18.4 Å². The minimum atomic E-state index is -0.344. The summed E-state index contributed by atoms with van der Waals surface area (Å²) < 4.78 is 24.6. The quantitative estimate of drug-likeness (QED) is 0.447. The van der Waals surface area contributed by atoms with E-state index in [0.29, 0.717) is 43.7 Å². The fourth-order valence-electron chi connectivity index (χ4n) is 2.22. The molecule has 0 spiro atoms. The van der Waals surface area contributed by atoms with E-state index in [1.807, 2.05) is 6.92 Å². The third-order valence-corrected chi connectivity index (χ3v) is 4.18. The van der Waals surface area contributed by atoms with Gasteiger partial charge in [0.2, 0.25) is 0 Å². The zero-order chi connectivity index (χ0) is 17.4. The molecule has 1 fully saturated rings. The summed E-state index contributed by atoms with van der Waals surface area (Å²) in [4.78, 5) is 11.8. The van der Waals surface area contributed by atoms with Crippen molar-refractivity contribution in [2.45, 2.75) is 32.2 Å². The van der Waals surface area contributed by atoms with Crippen LogP contribution in [0.25, 0.3) is 0 Å². The van der Waals surface area contributed by atoms with Gasteiger partial charge in [0, 0.05) is 18.2 Å². The van der Waals surface area contributed by atoms with Gasteiger partial charge in [-0.15, -0.1) is 0 Å². The van der Waals surface area contributed by atoms with Crippen LogP contribution in [0.4, 0.5) is 4.39 Å². The first kappa shape index (κ1) is 19.2. The number of carbonyl (C=O) groups is 1. The molecule has 2 rings (SSSR count). The van der Waals surface area contributed by atoms with E-state index >= 15 is 0 Å². The van der Waals surface area contributed by atoms with Gasteiger partial charge in [-0.05, 0) is 43.4 Å². The molecule has 0 aliphatic heterocycles. The summed E-state index contributed by atoms with van der Waals surface area (Å²) >= 11 is 4.04. The minimum absolute atomic E-state index is 0.0591. The fourth-order valence-corrected chi connectivity index (χ4v) is 2.35. The largest absolute Gasteiger partial charge is 0.490 e. The Labute approximate surface area is 148 Å². The second-order valence-corrected chi connectivity index (χ2v) is 6.62. The normalized spacial score (nSPS) is 15.3. The number of ether oxygens (including phenoxy) is 2. The maximum atomic E-state index is 13.8. The maximum Gasteiger partial charge on any atom is 0.165 e. The van der Waals surface area contributed by atoms with E-state index in [9.17, 15) is 9.18 Å². The molecule has 1 aliphatic rings. The van der Waals surface area contributed by atoms with E-state index in [0.717, 1.165) is 5.56 Å². The number of hydrogen-bond donors (Lipinski definition) is 2. The van der Waals surface area contributed by atoms with Crippen LogP contribution >= 0.6 is 12.6 Å². The van der Waals surface area contributed by atoms with Crippen LogP contribution in [0.1, 0.15) is 37.8 Å². The number of nitrogens with one attached hydrogen (secondary N) is 1. The van der Waals surface area contributed by atoms with Crippen molar-refractivity contribution in [2.75, 3.05) is 32.1 Å². The van der Waals surface area contributed by atoms with E-state index in [1.54, 1.807) is 12.1 Å². The van der Waals surface area contributed by atoms with Gasteiger partial charge in [-0.3, -0.25) is 4.79 Å². The summed E-state index contributed by atoms with van der Waals surface area (Å²) in [6, 6.07) is 4.80. The molecule has 4 nitrogen and oxygen atoms in total. The van der Waals surface area contributed by atoms with Crippen LogP contribution in [0.2, 0.25) is 0 Å². The van der Waals surface area contributed by atoms with Crippen molar-refractivity contribution in [1.82, 2.24) is 5.32 Å². The van der Waals surface area contributed by atoms with Crippen LogP contribution < -0.4 is 10.1 Å². The predicted molar refractivity (Wildman–Crippen MR) is 95.3 cm³/mol. The molecule has 0 heterocycles. The third-order valence-electron chi connectivity index (χ3n) is 3.99. The van der Waals surface area contributed by atoms with E-state index in [1.165, 1.54) is 18.9 Å². The van der Waals surface area contributed by atoms with Gasteiger partial charge in [-0.1, -0.05) is 6.07 Å². The number of halogens is 1. The Morgan fingerprint density at radius 3 is 2.92 bits per heavy atom. The average molecular weight is 355 g/mol. The molecule has 1 saturated carbocycles. The molecule has 0 unspecified atom stereocenters. The van der Waals surface area contributed by atoms with Gasteiger partial charge in [0.15, 0.2) is 11.6 Å². The molecular weight excluding hydrogens is 329 g/mol. The van der Waals surface area contributed by atoms with Crippen molar-refractivity contribution in [3.63, 3.8) is 0 Å². The van der Waals surface area contributed by atoms with Gasteiger partial charge in [0.25, 0.3) is 0 Å². The van der Waals surface area contributed by atoms with Crippen molar-refractivity contribution in [2.24, 2.45) is 5.92 Å². The fraction of sp³-hybridized carbons (Fsp3) is 0.611. The number of rotatable bonds is 12. The lowest BCUT2D eigenvalue weighted by Gasteiger charge is -2.16. The first-order valence-electron chi connectivity index (χ1n) is 8.46. The zero-order valence-corrected chi connectivity index (χ0v) is 15.0. The van der Waals surface area contributed by atoms with Crippen LogP contribution in [0.15, 0.2) is 18.2 Å². The Morgan fingerprint density at radius 1 is 1.42 bits per heavy atom. The van der Waals surface area contributed by atoms with Crippen LogP contribution in [0.3, 0.4) is 0 Å². The molecule has 1 aliphatic carbocycles. The molecule has 0 radical (unpaired) electrons. The van der Waals surface area contributed by atoms with Gasteiger partial charge in [-0.2, -0.15) is 12.6 Å². The molecule has 1 aromatic carbocycles. The monoisotopic (exact) mass is 355 g/mol. The van der Waals surface area contributed by atoms with Gasteiger partial charge in [-0.25, -0.2) is 4.39 Å². The summed E-state index contributed by atoms with van der Waals surface area (Å²) in [5.74, 6) is 1.27. The molecule has 134 valence electrons. The Balaban J connectivity index is 1.77. The van der Waals surface area contributed by atoms with Crippen molar-refractivity contribution in [3.05, 3.63) is 29.6 Å². The maximum absolute atomic E-state index is 13.8. The number of hydrogen-bond acceptors (Lipinski definition) is 5. The number of thiol groups is 1. The SMILES string of the molecule is C[C@@H](NCC(=O)CCOCCS)c1ccc(F)c(OCC2CC2)c1. The van der Waals surface area contributed by atoms with Crippen molar-refractivity contribution < 1.29 is 18.7 Å². The first-order chi connectivity index (χ1) is 11.6. The summed E-state index contributed by atoms with van der Waals surface area (Å²) in [6.07, 6.45) is 2.71. The average Bonchev–Trinajstić information content (AvgIpc) is 3.40. The van der Waals surface area contributed by atoms with E-state index < -0.39 is 0 Å². The first-order valence-corrected chi connectivity index (χ1v) is 9.09. The van der Waals surface area contributed by atoms with Crippen molar-refractivity contribution in [3.8, 4) is 5.75 Å². The number of ketones is 1. The lowest BCUT2D eigenvalue weighted by molar-refractivity contribution is -0.119. The number of carbonyl (C=O) groups excluding carboxylic acids is 1. The Morgan fingerprint density at radius 2 is 2.21 bits per heavy atom. The Hall–Kier alpha value is -1.11. The topological polar surface area (TPSA) is 47.6 Å². The zero-order valence-electron chi connectivity index (χ0n) is 14.1. The highest BCUT2D eigenvalue weighted by atomic mass is 32.1. The molecule has 0 bridgehead atoms. The molecular formula is C18H26FNO3S. The summed E-state index contributed by atoms with van der Waals surface area (Å²) in [7, 11) is 0. The minimum Gasteiger partial charge on any atom is -0.490 e. The number of benzene rings is 1. The van der Waals surface area contributed by atoms with Crippen LogP contribution in [0, 0.1) is 11.7 Å². The summed E-state index contributed by atoms with van der Waals surface area (Å²) in [5.41, 5.74) is 0.904. The molecule has 1 atom stereocenters. The summed E-state index contributed by atoms with van der Waals surface area (Å²) in [5, 5.41) is 3.17. The molecule has 0 aromatic heterocycles. The van der Waals surface area contributed by atoms with Gasteiger partial charge in [0.05, 0.1) is 26.4 Å². The standard InChI is InChI=1S/C18H26FNO3S/c1-13(20-11-16(21)6-7-22-8-9-24)15-4-5-17(19)18(10-15)23-12-14-2-3-14/h4-5,10,13-14,20,24H,2-3,6-9,11-12H2,1H3/t13-/m1/s1. The van der Waals surface area contributed by atoms with E-state index in [2.05, 4.69) is 17.9 Å². The molecule has 24 heavy (non-hydrogen) atoms. The molecule has 1 N–H and O–H groups in total. The van der Waals surface area contributed by atoms with E-state index in [4.69, 9.17) is 9.47 Å². The Kier molecular flexibility index (Phi) is 8.02. The highest BCUT2D eigenvalue weighted by molar-refractivity contribution is 7.80. The highest BCUT2D eigenvalue weighted by Gasteiger charge is 2.22. The molecule has 6 heteroatoms. The van der Waals surface area contributed by atoms with Crippen LogP contribution in [0.5, 0.6) is 5.75 Å². The van der Waals surface area contributed by atoms with Crippen LogP contribution in [-0.2, 0) is 9.53 Å². The predicted octanol–water partition coefficient (Wildman–Crippen LogP) is 3.17. The molecule has 0 amide bonds. The lowest BCUT2D eigenvalue weighted by atomic mass is 10.1. The van der Waals surface area contributed by atoms with Gasteiger partial charge < -0.3 is 14.8 Å². The second kappa shape index (κ2) is 10.0. The summed E-state index contributed by atoms with van der Waals surface area (Å²) in [6.45, 7) is 3.77. The second-order valence-electron chi connectivity index (χ2n) is 6.17. The molecule has 0 saturated heterocycles. The number of Topliss-reactive ketones (excluding diaryl/α,β-unsaturated/α-hetero) is 1.